The van der Waals surface area contributed by atoms with Crippen LogP contribution in [0.1, 0.15) is 23.2 Å². The lowest BCUT2D eigenvalue weighted by molar-refractivity contribution is 0.0937. The molecule has 5 heteroatoms. The number of piperidine rings is 1. The Kier molecular flexibility index (Phi) is 4.29. The number of anilines is 2. The van der Waals surface area contributed by atoms with Gasteiger partial charge in [0.1, 0.15) is 0 Å². The second-order valence-corrected chi connectivity index (χ2v) is 6.06. The highest BCUT2D eigenvalue weighted by molar-refractivity contribution is 6.02. The van der Waals surface area contributed by atoms with Gasteiger partial charge in [-0.15, -0.1) is 0 Å². The summed E-state index contributed by atoms with van der Waals surface area (Å²) in [6.45, 7) is 4.76. The van der Waals surface area contributed by atoms with Crippen LogP contribution in [0.15, 0.2) is 18.2 Å². The highest BCUT2D eigenvalue weighted by Crippen LogP contribution is 2.28. The van der Waals surface area contributed by atoms with Crippen molar-refractivity contribution in [2.24, 2.45) is 5.92 Å². The Balaban J connectivity index is 1.63. The second kappa shape index (κ2) is 6.35. The minimum atomic E-state index is 0.0243. The van der Waals surface area contributed by atoms with Gasteiger partial charge < -0.3 is 20.9 Å². The Morgan fingerprint density at radius 3 is 3.10 bits per heavy atom. The zero-order valence-corrected chi connectivity index (χ0v) is 12.6. The Morgan fingerprint density at radius 2 is 2.24 bits per heavy atom. The topological polar surface area (TPSA) is 56.4 Å². The van der Waals surface area contributed by atoms with Crippen LogP contribution in [0.2, 0.25) is 0 Å². The van der Waals surface area contributed by atoms with E-state index in [2.05, 4.69) is 27.9 Å². The third-order valence-corrected chi connectivity index (χ3v) is 4.32. The quantitative estimate of drug-likeness (QED) is 0.791. The number of rotatable bonds is 3. The maximum Gasteiger partial charge on any atom is 0.253 e. The molecule has 1 aromatic carbocycles. The van der Waals surface area contributed by atoms with Crippen LogP contribution < -0.4 is 16.0 Å². The average Bonchev–Trinajstić information content (AvgIpc) is 2.52. The van der Waals surface area contributed by atoms with E-state index < -0.39 is 0 Å². The van der Waals surface area contributed by atoms with E-state index in [1.165, 1.54) is 19.4 Å². The molecule has 1 saturated heterocycles. The molecule has 3 N–H and O–H groups in total. The molecule has 0 radical (unpaired) electrons. The van der Waals surface area contributed by atoms with Gasteiger partial charge in [0, 0.05) is 26.2 Å². The molecular weight excluding hydrogens is 264 g/mol. The zero-order chi connectivity index (χ0) is 14.7. The molecule has 1 aromatic rings. The highest BCUT2D eigenvalue weighted by Gasteiger charge is 2.20. The summed E-state index contributed by atoms with van der Waals surface area (Å²) >= 11 is 0. The van der Waals surface area contributed by atoms with Crippen molar-refractivity contribution in [2.45, 2.75) is 12.8 Å². The maximum absolute atomic E-state index is 12.4. The average molecular weight is 288 g/mol. The SMILES string of the molecule is CN1CCCC(CNC(=O)c2cccc3c2NCCN3)C1. The van der Waals surface area contributed by atoms with E-state index in [0.717, 1.165) is 43.1 Å². The van der Waals surface area contributed by atoms with Crippen LogP contribution in [0.4, 0.5) is 11.4 Å². The standard InChI is InChI=1S/C16H24N4O/c1-20-9-3-4-12(11-20)10-19-16(21)13-5-2-6-14-15(13)18-8-7-17-14/h2,5-6,12,17-18H,3-4,7-11H2,1H3,(H,19,21). The number of benzene rings is 1. The minimum absolute atomic E-state index is 0.0243. The number of likely N-dealkylation sites (tertiary alicyclic amines) is 1. The van der Waals surface area contributed by atoms with Gasteiger partial charge in [-0.3, -0.25) is 4.79 Å². The predicted octanol–water partition coefficient (Wildman–Crippen LogP) is 1.60. The summed E-state index contributed by atoms with van der Waals surface area (Å²) in [5.74, 6) is 0.592. The van der Waals surface area contributed by atoms with Crippen molar-refractivity contribution in [3.8, 4) is 0 Å². The summed E-state index contributed by atoms with van der Waals surface area (Å²) in [6.07, 6.45) is 2.43. The van der Waals surface area contributed by atoms with E-state index in [9.17, 15) is 4.79 Å². The Hall–Kier alpha value is -1.75. The van der Waals surface area contributed by atoms with Crippen LogP contribution in [0.25, 0.3) is 0 Å². The van der Waals surface area contributed by atoms with Gasteiger partial charge in [-0.05, 0) is 44.5 Å². The van der Waals surface area contributed by atoms with E-state index in [-0.39, 0.29) is 5.91 Å². The van der Waals surface area contributed by atoms with Crippen LogP contribution in [-0.4, -0.2) is 50.6 Å². The molecule has 21 heavy (non-hydrogen) atoms. The van der Waals surface area contributed by atoms with Crippen molar-refractivity contribution < 1.29 is 4.79 Å². The molecule has 0 aliphatic carbocycles. The number of hydrogen-bond donors (Lipinski definition) is 3. The maximum atomic E-state index is 12.4. The summed E-state index contributed by atoms with van der Waals surface area (Å²) in [5.41, 5.74) is 2.69. The van der Waals surface area contributed by atoms with Gasteiger partial charge in [-0.2, -0.15) is 0 Å². The van der Waals surface area contributed by atoms with Gasteiger partial charge >= 0.3 is 0 Å². The van der Waals surface area contributed by atoms with E-state index >= 15 is 0 Å². The van der Waals surface area contributed by atoms with Crippen molar-refractivity contribution >= 4 is 17.3 Å². The predicted molar refractivity (Wildman–Crippen MR) is 86.0 cm³/mol. The van der Waals surface area contributed by atoms with Crippen molar-refractivity contribution in [3.05, 3.63) is 23.8 Å². The fourth-order valence-electron chi connectivity index (χ4n) is 3.24. The third-order valence-electron chi connectivity index (χ3n) is 4.32. The number of hydrogen-bond acceptors (Lipinski definition) is 4. The number of carbonyl (C=O) groups excluding carboxylic acids is 1. The van der Waals surface area contributed by atoms with Crippen LogP contribution >= 0.6 is 0 Å². The lowest BCUT2D eigenvalue weighted by Crippen LogP contribution is -2.39. The largest absolute Gasteiger partial charge is 0.382 e. The van der Waals surface area contributed by atoms with Gasteiger partial charge in [0.25, 0.3) is 5.91 Å². The minimum Gasteiger partial charge on any atom is -0.382 e. The van der Waals surface area contributed by atoms with Gasteiger partial charge in [-0.1, -0.05) is 6.07 Å². The van der Waals surface area contributed by atoms with Gasteiger partial charge in [-0.25, -0.2) is 0 Å². The molecule has 0 spiro atoms. The van der Waals surface area contributed by atoms with Crippen molar-refractivity contribution in [3.63, 3.8) is 0 Å². The van der Waals surface area contributed by atoms with Gasteiger partial charge in [0.2, 0.25) is 0 Å². The van der Waals surface area contributed by atoms with E-state index in [4.69, 9.17) is 0 Å². The Labute approximate surface area is 126 Å². The van der Waals surface area contributed by atoms with Crippen molar-refractivity contribution in [1.82, 2.24) is 10.2 Å². The molecule has 1 fully saturated rings. The smallest absolute Gasteiger partial charge is 0.253 e. The molecule has 1 atom stereocenters. The second-order valence-electron chi connectivity index (χ2n) is 6.06. The fraction of sp³-hybridized carbons (Fsp3) is 0.562. The normalized spacial score (nSPS) is 21.9. The summed E-state index contributed by atoms with van der Waals surface area (Å²) in [6, 6.07) is 5.83. The molecule has 114 valence electrons. The van der Waals surface area contributed by atoms with E-state index in [1.807, 2.05) is 18.2 Å². The molecular formula is C16H24N4O. The first kappa shape index (κ1) is 14.2. The lowest BCUT2D eigenvalue weighted by Gasteiger charge is -2.30. The summed E-state index contributed by atoms with van der Waals surface area (Å²) in [5, 5.41) is 9.75. The molecule has 1 unspecified atom stereocenters. The molecule has 5 nitrogen and oxygen atoms in total. The zero-order valence-electron chi connectivity index (χ0n) is 12.6. The molecule has 3 rings (SSSR count). The van der Waals surface area contributed by atoms with Crippen LogP contribution in [-0.2, 0) is 0 Å². The molecule has 0 bridgehead atoms. The van der Waals surface area contributed by atoms with Gasteiger partial charge in [0.05, 0.1) is 16.9 Å². The number of nitrogens with zero attached hydrogens (tertiary/aromatic N) is 1. The molecule has 2 heterocycles. The van der Waals surface area contributed by atoms with Crippen LogP contribution in [0.3, 0.4) is 0 Å². The fourth-order valence-corrected chi connectivity index (χ4v) is 3.24. The summed E-state index contributed by atoms with van der Waals surface area (Å²) in [4.78, 5) is 14.8. The monoisotopic (exact) mass is 288 g/mol. The number of fused-ring (bicyclic) bond motifs is 1. The third kappa shape index (κ3) is 3.29. The number of carbonyl (C=O) groups is 1. The van der Waals surface area contributed by atoms with Crippen molar-refractivity contribution in [2.75, 3.05) is 50.4 Å². The highest BCUT2D eigenvalue weighted by atomic mass is 16.1. The van der Waals surface area contributed by atoms with Gasteiger partial charge in [0.15, 0.2) is 0 Å². The summed E-state index contributed by atoms with van der Waals surface area (Å²) in [7, 11) is 2.15. The number of nitrogens with one attached hydrogen (secondary N) is 3. The van der Waals surface area contributed by atoms with Crippen LogP contribution in [0, 0.1) is 5.92 Å². The lowest BCUT2D eigenvalue weighted by atomic mass is 9.98. The Bertz CT molecular complexity index is 517. The van der Waals surface area contributed by atoms with Crippen molar-refractivity contribution in [1.29, 1.82) is 0 Å². The number of para-hydroxylation sites is 1. The first-order chi connectivity index (χ1) is 10.2. The molecule has 0 saturated carbocycles. The first-order valence-electron chi connectivity index (χ1n) is 7.81. The summed E-state index contributed by atoms with van der Waals surface area (Å²) < 4.78 is 0. The first-order valence-corrected chi connectivity index (χ1v) is 7.81. The Morgan fingerprint density at radius 1 is 1.38 bits per heavy atom. The number of amides is 1. The van der Waals surface area contributed by atoms with Crippen LogP contribution in [0.5, 0.6) is 0 Å². The molecule has 2 aliphatic heterocycles. The molecule has 0 aromatic heterocycles. The molecule has 1 amide bonds. The molecule has 2 aliphatic rings. The van der Waals surface area contributed by atoms with E-state index in [1.54, 1.807) is 0 Å². The van der Waals surface area contributed by atoms with E-state index in [0.29, 0.717) is 5.92 Å².